The maximum Gasteiger partial charge on any atom is 0.321 e. The van der Waals surface area contributed by atoms with Crippen LogP contribution < -0.4 is 10.5 Å². The van der Waals surface area contributed by atoms with Gasteiger partial charge in [0.1, 0.15) is 0 Å². The zero-order chi connectivity index (χ0) is 13.0. The fraction of sp³-hybridized carbons (Fsp3) is 0.250. The molecule has 2 aromatic rings. The van der Waals surface area contributed by atoms with Crippen LogP contribution in [-0.2, 0) is 0 Å². The number of nitrogens with zero attached hydrogens (tertiary/aromatic N) is 3. The standard InChI is InChI=1S/C12H13ClN4O/c1-2-6-18-12-16-10(15-11(14)17-12)8-4-3-5-9(13)7-8/h3-5,7H,2,6H2,1H3,(H2,14,15,16,17). The van der Waals surface area contributed by atoms with Gasteiger partial charge >= 0.3 is 6.01 Å². The molecule has 0 bridgehead atoms. The Bertz CT molecular complexity index is 547. The Morgan fingerprint density at radius 3 is 2.83 bits per heavy atom. The van der Waals surface area contributed by atoms with Crippen molar-refractivity contribution in [3.63, 3.8) is 0 Å². The van der Waals surface area contributed by atoms with Crippen LogP contribution in [0.2, 0.25) is 5.02 Å². The first-order valence-corrected chi connectivity index (χ1v) is 5.97. The normalized spacial score (nSPS) is 10.3. The zero-order valence-corrected chi connectivity index (χ0v) is 10.7. The van der Waals surface area contributed by atoms with Crippen LogP contribution in [0, 0.1) is 0 Å². The quantitative estimate of drug-likeness (QED) is 0.919. The van der Waals surface area contributed by atoms with Crippen LogP contribution in [0.25, 0.3) is 11.4 Å². The number of aromatic nitrogens is 3. The van der Waals surface area contributed by atoms with Crippen molar-refractivity contribution in [2.75, 3.05) is 12.3 Å². The molecule has 2 N–H and O–H groups in total. The fourth-order valence-electron chi connectivity index (χ4n) is 1.39. The summed E-state index contributed by atoms with van der Waals surface area (Å²) in [4.78, 5) is 12.2. The summed E-state index contributed by atoms with van der Waals surface area (Å²) in [6.45, 7) is 2.54. The average molecular weight is 265 g/mol. The number of halogens is 1. The van der Waals surface area contributed by atoms with Gasteiger partial charge in [-0.15, -0.1) is 0 Å². The number of anilines is 1. The van der Waals surface area contributed by atoms with E-state index in [2.05, 4.69) is 15.0 Å². The van der Waals surface area contributed by atoms with Crippen LogP contribution in [0.15, 0.2) is 24.3 Å². The van der Waals surface area contributed by atoms with E-state index in [1.165, 1.54) is 0 Å². The van der Waals surface area contributed by atoms with Gasteiger partial charge in [-0.2, -0.15) is 15.0 Å². The molecule has 6 heteroatoms. The SMILES string of the molecule is CCCOc1nc(N)nc(-c2cccc(Cl)c2)n1. The van der Waals surface area contributed by atoms with E-state index in [0.29, 0.717) is 17.5 Å². The van der Waals surface area contributed by atoms with Crippen molar-refractivity contribution in [2.24, 2.45) is 0 Å². The van der Waals surface area contributed by atoms with Crippen molar-refractivity contribution in [2.45, 2.75) is 13.3 Å². The van der Waals surface area contributed by atoms with E-state index in [-0.39, 0.29) is 12.0 Å². The number of rotatable bonds is 4. The van der Waals surface area contributed by atoms with Gasteiger partial charge in [-0.25, -0.2) is 0 Å². The van der Waals surface area contributed by atoms with Gasteiger partial charge in [0.2, 0.25) is 5.95 Å². The van der Waals surface area contributed by atoms with Crippen LogP contribution in [0.5, 0.6) is 6.01 Å². The van der Waals surface area contributed by atoms with Gasteiger partial charge in [0, 0.05) is 10.6 Å². The zero-order valence-electron chi connectivity index (χ0n) is 9.93. The van der Waals surface area contributed by atoms with Crippen LogP contribution in [0.1, 0.15) is 13.3 Å². The van der Waals surface area contributed by atoms with Gasteiger partial charge in [0.05, 0.1) is 6.61 Å². The van der Waals surface area contributed by atoms with Crippen molar-refractivity contribution in [1.82, 2.24) is 15.0 Å². The first-order valence-electron chi connectivity index (χ1n) is 5.59. The largest absolute Gasteiger partial charge is 0.463 e. The number of nitrogens with two attached hydrogens (primary N) is 1. The maximum absolute atomic E-state index is 5.92. The van der Waals surface area contributed by atoms with E-state index in [1.807, 2.05) is 19.1 Å². The van der Waals surface area contributed by atoms with Gasteiger partial charge in [-0.05, 0) is 18.6 Å². The van der Waals surface area contributed by atoms with E-state index in [1.54, 1.807) is 12.1 Å². The van der Waals surface area contributed by atoms with E-state index in [9.17, 15) is 0 Å². The molecule has 1 aromatic carbocycles. The summed E-state index contributed by atoms with van der Waals surface area (Å²) in [5, 5.41) is 0.613. The number of ether oxygens (including phenoxy) is 1. The molecule has 1 heterocycles. The lowest BCUT2D eigenvalue weighted by atomic mass is 10.2. The molecular weight excluding hydrogens is 252 g/mol. The van der Waals surface area contributed by atoms with Crippen molar-refractivity contribution in [3.8, 4) is 17.4 Å². The molecule has 0 aliphatic rings. The average Bonchev–Trinajstić information content (AvgIpc) is 2.36. The molecule has 0 spiro atoms. The molecule has 0 unspecified atom stereocenters. The molecule has 0 aliphatic carbocycles. The molecule has 1 aromatic heterocycles. The summed E-state index contributed by atoms with van der Waals surface area (Å²) in [6.07, 6.45) is 0.873. The van der Waals surface area contributed by atoms with E-state index >= 15 is 0 Å². The molecule has 0 amide bonds. The van der Waals surface area contributed by atoms with Crippen molar-refractivity contribution in [3.05, 3.63) is 29.3 Å². The highest BCUT2D eigenvalue weighted by atomic mass is 35.5. The smallest absolute Gasteiger partial charge is 0.321 e. The van der Waals surface area contributed by atoms with Crippen LogP contribution in [-0.4, -0.2) is 21.6 Å². The van der Waals surface area contributed by atoms with Gasteiger partial charge in [-0.1, -0.05) is 30.7 Å². The Morgan fingerprint density at radius 2 is 2.11 bits per heavy atom. The third kappa shape index (κ3) is 3.07. The highest BCUT2D eigenvalue weighted by Crippen LogP contribution is 2.21. The number of nitrogen functional groups attached to an aromatic ring is 1. The van der Waals surface area contributed by atoms with Crippen LogP contribution >= 0.6 is 11.6 Å². The molecular formula is C12H13ClN4O. The van der Waals surface area contributed by atoms with Gasteiger partial charge < -0.3 is 10.5 Å². The lowest BCUT2D eigenvalue weighted by molar-refractivity contribution is 0.292. The summed E-state index contributed by atoms with van der Waals surface area (Å²) in [6, 6.07) is 7.46. The molecule has 18 heavy (non-hydrogen) atoms. The highest BCUT2D eigenvalue weighted by molar-refractivity contribution is 6.30. The lowest BCUT2D eigenvalue weighted by Gasteiger charge is -2.06. The highest BCUT2D eigenvalue weighted by Gasteiger charge is 2.07. The molecule has 5 nitrogen and oxygen atoms in total. The summed E-state index contributed by atoms with van der Waals surface area (Å²) < 4.78 is 5.35. The maximum atomic E-state index is 5.92. The first kappa shape index (κ1) is 12.6. The van der Waals surface area contributed by atoms with Crippen LogP contribution in [0.3, 0.4) is 0 Å². The topological polar surface area (TPSA) is 73.9 Å². The predicted octanol–water partition coefficient (Wildman–Crippen LogP) is 2.56. The molecule has 0 saturated carbocycles. The minimum Gasteiger partial charge on any atom is -0.463 e. The number of benzene rings is 1. The van der Waals surface area contributed by atoms with Crippen LogP contribution in [0.4, 0.5) is 5.95 Å². The molecule has 0 radical (unpaired) electrons. The van der Waals surface area contributed by atoms with Gasteiger partial charge in [0.15, 0.2) is 5.82 Å². The van der Waals surface area contributed by atoms with E-state index in [0.717, 1.165) is 12.0 Å². The molecule has 0 aliphatic heterocycles. The van der Waals surface area contributed by atoms with Gasteiger partial charge in [-0.3, -0.25) is 0 Å². The van der Waals surface area contributed by atoms with Crippen molar-refractivity contribution >= 4 is 17.5 Å². The minimum absolute atomic E-state index is 0.131. The summed E-state index contributed by atoms with van der Waals surface area (Å²) >= 11 is 5.92. The van der Waals surface area contributed by atoms with Crippen molar-refractivity contribution < 1.29 is 4.74 Å². The fourth-order valence-corrected chi connectivity index (χ4v) is 1.58. The second-order valence-electron chi connectivity index (χ2n) is 3.66. The third-order valence-corrected chi connectivity index (χ3v) is 2.39. The second kappa shape index (κ2) is 5.64. The Balaban J connectivity index is 2.35. The number of hydrogen-bond acceptors (Lipinski definition) is 5. The summed E-state index contributed by atoms with van der Waals surface area (Å²) in [5.41, 5.74) is 6.41. The first-order chi connectivity index (χ1) is 8.69. The number of hydrogen-bond donors (Lipinski definition) is 1. The second-order valence-corrected chi connectivity index (χ2v) is 4.10. The minimum atomic E-state index is 0.131. The third-order valence-electron chi connectivity index (χ3n) is 2.15. The van der Waals surface area contributed by atoms with E-state index < -0.39 is 0 Å². The molecule has 94 valence electrons. The molecule has 2 rings (SSSR count). The van der Waals surface area contributed by atoms with Gasteiger partial charge in [0.25, 0.3) is 0 Å². The molecule has 0 atom stereocenters. The molecule has 0 saturated heterocycles. The lowest BCUT2D eigenvalue weighted by Crippen LogP contribution is -2.05. The Morgan fingerprint density at radius 1 is 1.28 bits per heavy atom. The van der Waals surface area contributed by atoms with E-state index in [4.69, 9.17) is 22.1 Å². The summed E-state index contributed by atoms with van der Waals surface area (Å²) in [7, 11) is 0. The Kier molecular flexibility index (Phi) is 3.94. The Hall–Kier alpha value is -1.88. The Labute approximate surface area is 110 Å². The monoisotopic (exact) mass is 264 g/mol. The summed E-state index contributed by atoms with van der Waals surface area (Å²) in [5.74, 6) is 0.585. The predicted molar refractivity (Wildman–Crippen MR) is 70.5 cm³/mol. The molecule has 0 fully saturated rings. The van der Waals surface area contributed by atoms with Crippen molar-refractivity contribution in [1.29, 1.82) is 0 Å².